The second-order valence-corrected chi connectivity index (χ2v) is 6.47. The highest BCUT2D eigenvalue weighted by Crippen LogP contribution is 2.32. The highest BCUT2D eigenvalue weighted by Gasteiger charge is 2.38. The SMILES string of the molecule is Nc1ccc(C#Cc2c(C(F)(F)F)nn3ccc(-c4ccc(Cl)cc4)nc23)cn1. The quantitative estimate of drug-likeness (QED) is 0.468. The molecular weight excluding hydrogens is 403 g/mol. The van der Waals surface area contributed by atoms with Crippen molar-refractivity contribution in [3.8, 4) is 23.1 Å². The summed E-state index contributed by atoms with van der Waals surface area (Å²) >= 11 is 5.89. The predicted octanol–water partition coefficient (Wildman–Crippen LogP) is 4.45. The Morgan fingerprint density at radius 2 is 1.76 bits per heavy atom. The molecule has 3 heterocycles. The molecule has 144 valence electrons. The van der Waals surface area contributed by atoms with Gasteiger partial charge in [-0.2, -0.15) is 18.3 Å². The van der Waals surface area contributed by atoms with Crippen LogP contribution in [0.2, 0.25) is 5.02 Å². The zero-order chi connectivity index (χ0) is 20.6. The fourth-order valence-corrected chi connectivity index (χ4v) is 2.76. The lowest BCUT2D eigenvalue weighted by Gasteiger charge is -2.02. The summed E-state index contributed by atoms with van der Waals surface area (Å²) in [5, 5.41) is 4.17. The van der Waals surface area contributed by atoms with Crippen LogP contribution in [0.5, 0.6) is 0 Å². The van der Waals surface area contributed by atoms with Gasteiger partial charge in [0.05, 0.1) is 5.69 Å². The summed E-state index contributed by atoms with van der Waals surface area (Å²) in [6.45, 7) is 0. The van der Waals surface area contributed by atoms with Crippen molar-refractivity contribution in [2.45, 2.75) is 6.18 Å². The number of hydrogen-bond acceptors (Lipinski definition) is 4. The maximum Gasteiger partial charge on any atom is 0.436 e. The van der Waals surface area contributed by atoms with E-state index in [2.05, 4.69) is 26.9 Å². The third kappa shape index (κ3) is 3.86. The number of nitrogen functional groups attached to an aromatic ring is 1. The van der Waals surface area contributed by atoms with E-state index < -0.39 is 11.9 Å². The van der Waals surface area contributed by atoms with Crippen LogP contribution < -0.4 is 5.73 Å². The first-order chi connectivity index (χ1) is 13.8. The Balaban J connectivity index is 1.88. The summed E-state index contributed by atoms with van der Waals surface area (Å²) in [6.07, 6.45) is -1.89. The molecule has 0 atom stereocenters. The van der Waals surface area contributed by atoms with Crippen LogP contribution in [0.4, 0.5) is 19.0 Å². The fraction of sp³-hybridized carbons (Fsp3) is 0.0500. The van der Waals surface area contributed by atoms with Gasteiger partial charge in [-0.15, -0.1) is 0 Å². The molecule has 1 aromatic carbocycles. The normalized spacial score (nSPS) is 11.3. The Morgan fingerprint density at radius 1 is 1.00 bits per heavy atom. The Labute approximate surface area is 168 Å². The van der Waals surface area contributed by atoms with Crippen molar-refractivity contribution in [2.75, 3.05) is 5.73 Å². The van der Waals surface area contributed by atoms with Crippen molar-refractivity contribution in [3.05, 3.63) is 76.7 Å². The average molecular weight is 414 g/mol. The lowest BCUT2D eigenvalue weighted by molar-refractivity contribution is -0.141. The molecule has 0 aliphatic heterocycles. The number of fused-ring (bicyclic) bond motifs is 1. The van der Waals surface area contributed by atoms with E-state index in [1.807, 2.05) is 0 Å². The zero-order valence-corrected chi connectivity index (χ0v) is 15.3. The molecule has 0 spiro atoms. The number of nitrogens with two attached hydrogens (primary N) is 1. The standard InChI is InChI=1S/C20H11ClF3N5/c21-14-5-3-13(4-6-14)16-9-10-29-19(27-16)15(18(28-29)20(22,23)24)7-1-12-2-8-17(25)26-11-12/h2-6,8-11H,(H2,25,26). The summed E-state index contributed by atoms with van der Waals surface area (Å²) in [5.74, 6) is 5.50. The molecule has 0 aliphatic carbocycles. The first kappa shape index (κ1) is 18.8. The maximum atomic E-state index is 13.5. The lowest BCUT2D eigenvalue weighted by Crippen LogP contribution is -2.08. The molecule has 0 bridgehead atoms. The van der Waals surface area contributed by atoms with Gasteiger partial charge in [-0.3, -0.25) is 0 Å². The number of alkyl halides is 3. The average Bonchev–Trinajstić information content (AvgIpc) is 3.06. The minimum Gasteiger partial charge on any atom is -0.384 e. The van der Waals surface area contributed by atoms with Crippen LogP contribution in [-0.2, 0) is 6.18 Å². The van der Waals surface area contributed by atoms with Gasteiger partial charge in [0.15, 0.2) is 11.3 Å². The smallest absolute Gasteiger partial charge is 0.384 e. The molecule has 0 radical (unpaired) electrons. The number of anilines is 1. The molecule has 0 aliphatic rings. The van der Waals surface area contributed by atoms with E-state index >= 15 is 0 Å². The number of rotatable bonds is 1. The predicted molar refractivity (Wildman–Crippen MR) is 103 cm³/mol. The molecule has 0 saturated carbocycles. The fourth-order valence-electron chi connectivity index (χ4n) is 2.64. The third-order valence-electron chi connectivity index (χ3n) is 4.01. The highest BCUT2D eigenvalue weighted by molar-refractivity contribution is 6.30. The molecule has 0 amide bonds. The second kappa shape index (κ2) is 7.11. The second-order valence-electron chi connectivity index (χ2n) is 6.03. The van der Waals surface area contributed by atoms with Crippen LogP contribution in [0.3, 0.4) is 0 Å². The minimum atomic E-state index is -4.68. The molecule has 0 unspecified atom stereocenters. The van der Waals surface area contributed by atoms with Crippen LogP contribution in [0.15, 0.2) is 54.9 Å². The molecule has 4 rings (SSSR count). The summed E-state index contributed by atoms with van der Waals surface area (Å²) in [5.41, 5.74) is 5.69. The van der Waals surface area contributed by atoms with E-state index in [9.17, 15) is 13.2 Å². The maximum absolute atomic E-state index is 13.5. The van der Waals surface area contributed by atoms with Gasteiger partial charge in [-0.05, 0) is 30.3 Å². The summed E-state index contributed by atoms with van der Waals surface area (Å²) in [6, 6.07) is 11.5. The molecule has 4 aromatic rings. The molecule has 5 nitrogen and oxygen atoms in total. The van der Waals surface area contributed by atoms with E-state index in [0.29, 0.717) is 21.8 Å². The number of halogens is 4. The lowest BCUT2D eigenvalue weighted by atomic mass is 10.1. The first-order valence-electron chi connectivity index (χ1n) is 8.27. The van der Waals surface area contributed by atoms with Gasteiger partial charge in [0.25, 0.3) is 0 Å². The Hall–Kier alpha value is -3.57. The highest BCUT2D eigenvalue weighted by atomic mass is 35.5. The van der Waals surface area contributed by atoms with E-state index in [0.717, 1.165) is 4.52 Å². The monoisotopic (exact) mass is 413 g/mol. The number of hydrogen-bond donors (Lipinski definition) is 1. The first-order valence-corrected chi connectivity index (χ1v) is 8.65. The van der Waals surface area contributed by atoms with Crippen LogP contribution >= 0.6 is 11.6 Å². The Kier molecular flexibility index (Phi) is 4.60. The van der Waals surface area contributed by atoms with Gasteiger partial charge in [0.2, 0.25) is 0 Å². The summed E-state index contributed by atoms with van der Waals surface area (Å²) in [7, 11) is 0. The Morgan fingerprint density at radius 3 is 2.41 bits per heavy atom. The number of pyridine rings is 1. The van der Waals surface area contributed by atoms with E-state index in [-0.39, 0.29) is 17.0 Å². The minimum absolute atomic E-state index is 0.000629. The number of nitrogens with zero attached hydrogens (tertiary/aromatic N) is 4. The molecule has 0 saturated heterocycles. The van der Waals surface area contributed by atoms with Crippen molar-refractivity contribution < 1.29 is 13.2 Å². The van der Waals surface area contributed by atoms with E-state index in [1.54, 1.807) is 36.4 Å². The molecule has 2 N–H and O–H groups in total. The number of benzene rings is 1. The van der Waals surface area contributed by atoms with Crippen LogP contribution in [0.1, 0.15) is 16.8 Å². The third-order valence-corrected chi connectivity index (χ3v) is 4.26. The molecule has 0 fully saturated rings. The summed E-state index contributed by atoms with van der Waals surface area (Å²) in [4.78, 5) is 8.23. The zero-order valence-electron chi connectivity index (χ0n) is 14.6. The summed E-state index contributed by atoms with van der Waals surface area (Å²) < 4.78 is 41.6. The molecule has 9 heteroatoms. The van der Waals surface area contributed by atoms with Crippen LogP contribution in [-0.4, -0.2) is 19.6 Å². The van der Waals surface area contributed by atoms with Crippen molar-refractivity contribution in [1.82, 2.24) is 19.6 Å². The van der Waals surface area contributed by atoms with Crippen molar-refractivity contribution in [2.24, 2.45) is 0 Å². The van der Waals surface area contributed by atoms with E-state index in [4.69, 9.17) is 17.3 Å². The van der Waals surface area contributed by atoms with Gasteiger partial charge < -0.3 is 5.73 Å². The molecule has 29 heavy (non-hydrogen) atoms. The largest absolute Gasteiger partial charge is 0.436 e. The van der Waals surface area contributed by atoms with Gasteiger partial charge in [-0.1, -0.05) is 35.6 Å². The topological polar surface area (TPSA) is 69.1 Å². The van der Waals surface area contributed by atoms with E-state index in [1.165, 1.54) is 18.5 Å². The van der Waals surface area contributed by atoms with Gasteiger partial charge >= 0.3 is 6.18 Å². The molecule has 3 aromatic heterocycles. The van der Waals surface area contributed by atoms with Crippen molar-refractivity contribution >= 4 is 23.1 Å². The Bertz CT molecular complexity index is 1250. The van der Waals surface area contributed by atoms with Crippen molar-refractivity contribution in [3.63, 3.8) is 0 Å². The van der Waals surface area contributed by atoms with Gasteiger partial charge in [0.1, 0.15) is 11.4 Å². The number of aromatic nitrogens is 4. The van der Waals surface area contributed by atoms with Crippen LogP contribution in [0.25, 0.3) is 16.9 Å². The van der Waals surface area contributed by atoms with Gasteiger partial charge in [-0.25, -0.2) is 14.5 Å². The molecular formula is C20H11ClF3N5. The van der Waals surface area contributed by atoms with Crippen molar-refractivity contribution in [1.29, 1.82) is 0 Å². The van der Waals surface area contributed by atoms with Crippen LogP contribution in [0, 0.1) is 11.8 Å². The van der Waals surface area contributed by atoms with Gasteiger partial charge in [0, 0.05) is 28.5 Å².